The summed E-state index contributed by atoms with van der Waals surface area (Å²) in [5, 5.41) is 3.74. The zero-order valence-electron chi connectivity index (χ0n) is 15.2. The molecule has 1 unspecified atom stereocenters. The summed E-state index contributed by atoms with van der Waals surface area (Å²) in [7, 11) is 7.08. The van der Waals surface area contributed by atoms with E-state index in [1.54, 1.807) is 32.4 Å². The van der Waals surface area contributed by atoms with Gasteiger partial charge < -0.3 is 19.7 Å². The Bertz CT molecular complexity index is 781. The number of methoxy groups -OCH3 is 2. The summed E-state index contributed by atoms with van der Waals surface area (Å²) in [6.45, 7) is 0.403. The Labute approximate surface area is 163 Å². The van der Waals surface area contributed by atoms with Crippen LogP contribution in [0.1, 0.15) is 22.0 Å². The summed E-state index contributed by atoms with van der Waals surface area (Å²) in [6.07, 6.45) is 0. The highest BCUT2D eigenvalue weighted by molar-refractivity contribution is 6.36. The maximum absolute atomic E-state index is 12.5. The van der Waals surface area contributed by atoms with Crippen molar-refractivity contribution in [3.63, 3.8) is 0 Å². The van der Waals surface area contributed by atoms with Crippen molar-refractivity contribution in [2.75, 3.05) is 34.9 Å². The van der Waals surface area contributed by atoms with Crippen molar-refractivity contribution in [3.05, 3.63) is 57.6 Å². The van der Waals surface area contributed by atoms with Gasteiger partial charge in [-0.3, -0.25) is 4.79 Å². The molecule has 5 nitrogen and oxygen atoms in total. The van der Waals surface area contributed by atoms with Gasteiger partial charge in [-0.2, -0.15) is 0 Å². The van der Waals surface area contributed by atoms with Gasteiger partial charge >= 0.3 is 0 Å². The molecule has 0 radical (unpaired) electrons. The van der Waals surface area contributed by atoms with Crippen molar-refractivity contribution in [2.24, 2.45) is 0 Å². The van der Waals surface area contributed by atoms with Crippen LogP contribution in [0.5, 0.6) is 11.5 Å². The molecular weight excluding hydrogens is 375 g/mol. The highest BCUT2D eigenvalue weighted by Crippen LogP contribution is 2.31. The second-order valence-corrected chi connectivity index (χ2v) is 6.77. The molecule has 0 heterocycles. The second kappa shape index (κ2) is 9.12. The number of carbonyl (C=O) groups is 1. The van der Waals surface area contributed by atoms with E-state index < -0.39 is 0 Å². The maximum atomic E-state index is 12.5. The quantitative estimate of drug-likeness (QED) is 0.766. The van der Waals surface area contributed by atoms with Crippen LogP contribution in [0.2, 0.25) is 10.0 Å². The van der Waals surface area contributed by atoms with Gasteiger partial charge in [0.15, 0.2) is 11.5 Å². The fourth-order valence-corrected chi connectivity index (χ4v) is 3.11. The number of hydrogen-bond donors (Lipinski definition) is 1. The van der Waals surface area contributed by atoms with E-state index in [1.807, 2.05) is 37.2 Å². The van der Waals surface area contributed by atoms with Crippen LogP contribution in [0, 0.1) is 0 Å². The van der Waals surface area contributed by atoms with Crippen LogP contribution >= 0.6 is 23.2 Å². The normalized spacial score (nSPS) is 12.0. The van der Waals surface area contributed by atoms with Crippen molar-refractivity contribution in [2.45, 2.75) is 6.04 Å². The molecule has 1 amide bonds. The average molecular weight is 397 g/mol. The van der Waals surface area contributed by atoms with E-state index >= 15 is 0 Å². The minimum absolute atomic E-state index is 0.0511. The molecule has 0 aliphatic rings. The lowest BCUT2D eigenvalue weighted by molar-refractivity contribution is 0.0942. The molecule has 0 saturated heterocycles. The van der Waals surface area contributed by atoms with E-state index in [9.17, 15) is 4.79 Å². The number of rotatable bonds is 7. The topological polar surface area (TPSA) is 50.8 Å². The summed E-state index contributed by atoms with van der Waals surface area (Å²) >= 11 is 12.0. The predicted molar refractivity (Wildman–Crippen MR) is 105 cm³/mol. The Kier molecular flexibility index (Phi) is 7.14. The minimum atomic E-state index is -0.251. The lowest BCUT2D eigenvalue weighted by atomic mass is 10.0. The molecule has 0 aliphatic carbocycles. The molecule has 0 aliphatic heterocycles. The van der Waals surface area contributed by atoms with Crippen LogP contribution in [0.15, 0.2) is 36.4 Å². The molecule has 0 saturated carbocycles. The van der Waals surface area contributed by atoms with Gasteiger partial charge in [-0.15, -0.1) is 0 Å². The lowest BCUT2D eigenvalue weighted by Gasteiger charge is -2.26. The number of nitrogens with zero attached hydrogens (tertiary/aromatic N) is 1. The van der Waals surface area contributed by atoms with Crippen molar-refractivity contribution in [1.29, 1.82) is 0 Å². The molecule has 2 rings (SSSR count). The summed E-state index contributed by atoms with van der Waals surface area (Å²) in [6, 6.07) is 10.5. The smallest absolute Gasteiger partial charge is 0.252 e. The van der Waals surface area contributed by atoms with E-state index in [0.29, 0.717) is 33.7 Å². The molecule has 0 spiro atoms. The number of nitrogens with one attached hydrogen (secondary N) is 1. The zero-order chi connectivity index (χ0) is 19.3. The first-order chi connectivity index (χ1) is 12.4. The van der Waals surface area contributed by atoms with Gasteiger partial charge in [0.2, 0.25) is 0 Å². The number of hydrogen-bond acceptors (Lipinski definition) is 4. The first kappa shape index (κ1) is 20.4. The van der Waals surface area contributed by atoms with Gasteiger partial charge in [0.1, 0.15) is 0 Å². The molecule has 0 fully saturated rings. The Morgan fingerprint density at radius 3 is 2.35 bits per heavy atom. The first-order valence-corrected chi connectivity index (χ1v) is 8.74. The van der Waals surface area contributed by atoms with Gasteiger partial charge in [-0.05, 0) is 50.0 Å². The van der Waals surface area contributed by atoms with Gasteiger partial charge in [0.05, 0.1) is 30.8 Å². The van der Waals surface area contributed by atoms with Gasteiger partial charge in [0, 0.05) is 11.6 Å². The fourth-order valence-electron chi connectivity index (χ4n) is 2.62. The third-order valence-corrected chi connectivity index (χ3v) is 4.60. The first-order valence-electron chi connectivity index (χ1n) is 7.99. The molecule has 0 bridgehead atoms. The van der Waals surface area contributed by atoms with Crippen LogP contribution in [-0.4, -0.2) is 45.7 Å². The van der Waals surface area contributed by atoms with Crippen LogP contribution in [0.4, 0.5) is 0 Å². The average Bonchev–Trinajstić information content (AvgIpc) is 2.61. The third kappa shape index (κ3) is 4.81. The Balaban J connectivity index is 2.17. The molecule has 7 heteroatoms. The molecular formula is C19H22Cl2N2O3. The SMILES string of the molecule is COc1ccc(C(CNC(=O)c2ccc(Cl)cc2Cl)N(C)C)cc1OC. The van der Waals surface area contributed by atoms with E-state index in [1.165, 1.54) is 0 Å². The fraction of sp³-hybridized carbons (Fsp3) is 0.316. The van der Waals surface area contributed by atoms with Crippen molar-refractivity contribution in [1.82, 2.24) is 10.2 Å². The standard InChI is InChI=1S/C19H22Cl2N2O3/c1-23(2)16(12-5-8-17(25-3)18(9-12)26-4)11-22-19(24)14-7-6-13(20)10-15(14)21/h5-10,16H,11H2,1-4H3,(H,22,24). The number of likely N-dealkylation sites (N-methyl/N-ethyl adjacent to an activating group) is 1. The lowest BCUT2D eigenvalue weighted by Crippen LogP contribution is -2.34. The zero-order valence-corrected chi connectivity index (χ0v) is 16.7. The van der Waals surface area contributed by atoms with Crippen LogP contribution in [-0.2, 0) is 0 Å². The van der Waals surface area contributed by atoms with Crippen molar-refractivity contribution < 1.29 is 14.3 Å². The van der Waals surface area contributed by atoms with E-state index in [2.05, 4.69) is 5.32 Å². The molecule has 26 heavy (non-hydrogen) atoms. The molecule has 0 aromatic heterocycles. The van der Waals surface area contributed by atoms with Gasteiger partial charge in [-0.1, -0.05) is 29.3 Å². The summed E-state index contributed by atoms with van der Waals surface area (Å²) < 4.78 is 10.6. The summed E-state index contributed by atoms with van der Waals surface area (Å²) in [5.41, 5.74) is 1.39. The Morgan fingerprint density at radius 2 is 1.77 bits per heavy atom. The van der Waals surface area contributed by atoms with E-state index in [-0.39, 0.29) is 11.9 Å². The maximum Gasteiger partial charge on any atom is 0.252 e. The molecule has 2 aromatic carbocycles. The predicted octanol–water partition coefficient (Wildman–Crippen LogP) is 4.04. The molecule has 1 N–H and O–H groups in total. The Morgan fingerprint density at radius 1 is 1.08 bits per heavy atom. The number of ether oxygens (including phenoxy) is 2. The molecule has 2 aromatic rings. The third-order valence-electron chi connectivity index (χ3n) is 4.05. The summed E-state index contributed by atoms with van der Waals surface area (Å²) in [4.78, 5) is 14.5. The van der Waals surface area contributed by atoms with Crippen LogP contribution in [0.25, 0.3) is 0 Å². The largest absolute Gasteiger partial charge is 0.493 e. The monoisotopic (exact) mass is 396 g/mol. The number of amides is 1. The number of halogens is 2. The van der Waals surface area contributed by atoms with Crippen molar-refractivity contribution >= 4 is 29.1 Å². The minimum Gasteiger partial charge on any atom is -0.493 e. The van der Waals surface area contributed by atoms with Crippen LogP contribution in [0.3, 0.4) is 0 Å². The van der Waals surface area contributed by atoms with E-state index in [4.69, 9.17) is 32.7 Å². The van der Waals surface area contributed by atoms with Gasteiger partial charge in [0.25, 0.3) is 5.91 Å². The second-order valence-electron chi connectivity index (χ2n) is 5.93. The molecule has 140 valence electrons. The highest BCUT2D eigenvalue weighted by atomic mass is 35.5. The van der Waals surface area contributed by atoms with Crippen molar-refractivity contribution in [3.8, 4) is 11.5 Å². The number of benzene rings is 2. The van der Waals surface area contributed by atoms with Crippen LogP contribution < -0.4 is 14.8 Å². The Hall–Kier alpha value is -1.95. The number of carbonyl (C=O) groups excluding carboxylic acids is 1. The van der Waals surface area contributed by atoms with E-state index in [0.717, 1.165) is 5.56 Å². The van der Waals surface area contributed by atoms with Gasteiger partial charge in [-0.25, -0.2) is 0 Å². The molecule has 1 atom stereocenters. The summed E-state index contributed by atoms with van der Waals surface area (Å²) in [5.74, 6) is 1.05. The highest BCUT2D eigenvalue weighted by Gasteiger charge is 2.19.